The minimum absolute atomic E-state index is 0.498. The van der Waals surface area contributed by atoms with Crippen molar-refractivity contribution in [3.8, 4) is 0 Å². The van der Waals surface area contributed by atoms with Crippen molar-refractivity contribution in [1.82, 2.24) is 0 Å². The Morgan fingerprint density at radius 2 is 2.12 bits per heavy atom. The first-order valence-corrected chi connectivity index (χ1v) is 6.12. The highest BCUT2D eigenvalue weighted by Gasteiger charge is 2.14. The van der Waals surface area contributed by atoms with Crippen molar-refractivity contribution in [3.63, 3.8) is 0 Å². The third-order valence-electron chi connectivity index (χ3n) is 2.88. The number of hydrogen-bond donors (Lipinski definition) is 1. The predicted octanol–water partition coefficient (Wildman–Crippen LogP) is 1.61. The molecule has 2 rings (SSSR count). The Morgan fingerprint density at radius 3 is 2.82 bits per heavy atom. The van der Waals surface area contributed by atoms with Crippen LogP contribution in [0.4, 0.5) is 5.69 Å². The molecule has 5 heteroatoms. The Balaban J connectivity index is 2.18. The summed E-state index contributed by atoms with van der Waals surface area (Å²) < 4.78 is 5.35. The van der Waals surface area contributed by atoms with Gasteiger partial charge in [-0.2, -0.15) is 0 Å². The fourth-order valence-electron chi connectivity index (χ4n) is 2.04. The van der Waals surface area contributed by atoms with Gasteiger partial charge in [-0.1, -0.05) is 11.6 Å². The summed E-state index contributed by atoms with van der Waals surface area (Å²) in [6.07, 6.45) is 0.768. The number of hydrogen-bond acceptors (Lipinski definition) is 4. The topological polar surface area (TPSA) is 47.7 Å². The van der Waals surface area contributed by atoms with E-state index >= 15 is 0 Å². The molecule has 0 unspecified atom stereocenters. The van der Waals surface area contributed by atoms with Gasteiger partial charge in [0.2, 0.25) is 0 Å². The highest BCUT2D eigenvalue weighted by atomic mass is 35.5. The molecule has 0 spiro atoms. The number of anilines is 1. The molecular formula is C12H17ClN2O2. The maximum absolute atomic E-state index is 6.02. The van der Waals surface area contributed by atoms with Gasteiger partial charge >= 0.3 is 0 Å². The zero-order valence-corrected chi connectivity index (χ0v) is 10.4. The molecule has 0 amide bonds. The van der Waals surface area contributed by atoms with Crippen LogP contribution in [0.3, 0.4) is 0 Å². The fourth-order valence-corrected chi connectivity index (χ4v) is 2.23. The molecule has 1 aromatic carbocycles. The van der Waals surface area contributed by atoms with Gasteiger partial charge < -0.3 is 14.5 Å². The van der Waals surface area contributed by atoms with Crippen LogP contribution >= 0.6 is 11.6 Å². The summed E-state index contributed by atoms with van der Waals surface area (Å²) in [6, 6.07) is 5.95. The molecule has 0 saturated carbocycles. The van der Waals surface area contributed by atoms with E-state index in [1.165, 1.54) is 11.3 Å². The van der Waals surface area contributed by atoms with Crippen molar-refractivity contribution in [2.24, 2.45) is 5.90 Å². The predicted molar refractivity (Wildman–Crippen MR) is 68.3 cm³/mol. The number of nitrogens with two attached hydrogens (primary N) is 1. The van der Waals surface area contributed by atoms with Crippen LogP contribution in [0.15, 0.2) is 18.2 Å². The normalized spacial score (nSPS) is 16.2. The lowest BCUT2D eigenvalue weighted by Crippen LogP contribution is -2.36. The molecular weight excluding hydrogens is 240 g/mol. The third kappa shape index (κ3) is 3.33. The summed E-state index contributed by atoms with van der Waals surface area (Å²) in [4.78, 5) is 6.95. The number of halogens is 1. The Labute approximate surface area is 106 Å². The van der Waals surface area contributed by atoms with Gasteiger partial charge in [0.05, 0.1) is 19.8 Å². The number of morpholine rings is 1. The SMILES string of the molecule is NOCCc1cc(Cl)ccc1N1CCOCC1. The van der Waals surface area contributed by atoms with E-state index in [1.807, 2.05) is 12.1 Å². The average Bonchev–Trinajstić information content (AvgIpc) is 2.37. The summed E-state index contributed by atoms with van der Waals surface area (Å²) in [6.45, 7) is 3.87. The first kappa shape index (κ1) is 12.6. The molecule has 1 heterocycles. The molecule has 0 radical (unpaired) electrons. The van der Waals surface area contributed by atoms with Crippen molar-refractivity contribution in [1.29, 1.82) is 0 Å². The Kier molecular flexibility index (Phi) is 4.62. The minimum atomic E-state index is 0.498. The van der Waals surface area contributed by atoms with E-state index in [9.17, 15) is 0 Å². The van der Waals surface area contributed by atoms with Gasteiger partial charge in [0, 0.05) is 23.8 Å². The van der Waals surface area contributed by atoms with Gasteiger partial charge in [0.25, 0.3) is 0 Å². The molecule has 94 valence electrons. The third-order valence-corrected chi connectivity index (χ3v) is 3.12. The maximum atomic E-state index is 6.02. The van der Waals surface area contributed by atoms with E-state index < -0.39 is 0 Å². The molecule has 4 nitrogen and oxygen atoms in total. The largest absolute Gasteiger partial charge is 0.378 e. The van der Waals surface area contributed by atoms with Gasteiger partial charge in [-0.3, -0.25) is 0 Å². The van der Waals surface area contributed by atoms with Gasteiger partial charge in [-0.25, -0.2) is 5.90 Å². The molecule has 1 fully saturated rings. The first-order chi connectivity index (χ1) is 8.31. The van der Waals surface area contributed by atoms with Crippen molar-refractivity contribution in [3.05, 3.63) is 28.8 Å². The second-order valence-electron chi connectivity index (χ2n) is 3.99. The molecule has 17 heavy (non-hydrogen) atoms. The van der Waals surface area contributed by atoms with Crippen molar-refractivity contribution in [2.75, 3.05) is 37.8 Å². The van der Waals surface area contributed by atoms with Crippen molar-refractivity contribution >= 4 is 17.3 Å². The van der Waals surface area contributed by atoms with Gasteiger partial charge in [-0.15, -0.1) is 0 Å². The number of benzene rings is 1. The molecule has 1 aliphatic rings. The Morgan fingerprint density at radius 1 is 1.35 bits per heavy atom. The van der Waals surface area contributed by atoms with Crippen molar-refractivity contribution < 1.29 is 9.57 Å². The Hall–Kier alpha value is -0.810. The van der Waals surface area contributed by atoms with Gasteiger partial charge in [0.1, 0.15) is 0 Å². The van der Waals surface area contributed by atoms with E-state index in [4.69, 9.17) is 22.2 Å². The first-order valence-electron chi connectivity index (χ1n) is 5.74. The van der Waals surface area contributed by atoms with Gasteiger partial charge in [0.15, 0.2) is 0 Å². The summed E-state index contributed by atoms with van der Waals surface area (Å²) in [5, 5.41) is 0.744. The van der Waals surface area contributed by atoms with Gasteiger partial charge in [-0.05, 0) is 30.2 Å². The summed E-state index contributed by atoms with van der Waals surface area (Å²) >= 11 is 6.02. The van der Waals surface area contributed by atoms with E-state index in [-0.39, 0.29) is 0 Å². The minimum Gasteiger partial charge on any atom is -0.378 e. The molecule has 1 aromatic rings. The zero-order chi connectivity index (χ0) is 12.1. The highest BCUT2D eigenvalue weighted by molar-refractivity contribution is 6.30. The smallest absolute Gasteiger partial charge is 0.0720 e. The standard InChI is InChI=1S/C12H17ClN2O2/c13-11-1-2-12(10(9-11)3-6-17-14)15-4-7-16-8-5-15/h1-2,9H,3-8,14H2. The summed E-state index contributed by atoms with van der Waals surface area (Å²) in [5.74, 6) is 5.08. The van der Waals surface area contributed by atoms with Crippen LogP contribution in [0, 0.1) is 0 Å². The maximum Gasteiger partial charge on any atom is 0.0720 e. The lowest BCUT2D eigenvalue weighted by atomic mass is 10.1. The van der Waals surface area contributed by atoms with E-state index in [0.29, 0.717) is 6.61 Å². The van der Waals surface area contributed by atoms with Crippen LogP contribution in [0.5, 0.6) is 0 Å². The molecule has 1 saturated heterocycles. The van der Waals surface area contributed by atoms with Crippen LogP contribution in [0.25, 0.3) is 0 Å². The molecule has 0 aromatic heterocycles. The van der Waals surface area contributed by atoms with E-state index in [1.54, 1.807) is 0 Å². The van der Waals surface area contributed by atoms with E-state index in [0.717, 1.165) is 37.7 Å². The fraction of sp³-hybridized carbons (Fsp3) is 0.500. The molecule has 0 aliphatic carbocycles. The second kappa shape index (κ2) is 6.21. The van der Waals surface area contributed by atoms with Crippen LogP contribution < -0.4 is 10.8 Å². The molecule has 1 aliphatic heterocycles. The lowest BCUT2D eigenvalue weighted by molar-refractivity contribution is 0.122. The molecule has 2 N–H and O–H groups in total. The summed E-state index contributed by atoms with van der Waals surface area (Å²) in [5.41, 5.74) is 2.37. The van der Waals surface area contributed by atoms with Crippen LogP contribution in [-0.4, -0.2) is 32.9 Å². The number of ether oxygens (including phenoxy) is 1. The lowest BCUT2D eigenvalue weighted by Gasteiger charge is -2.30. The summed E-state index contributed by atoms with van der Waals surface area (Å²) in [7, 11) is 0. The van der Waals surface area contributed by atoms with E-state index in [2.05, 4.69) is 15.8 Å². The monoisotopic (exact) mass is 256 g/mol. The number of nitrogens with zero attached hydrogens (tertiary/aromatic N) is 1. The average molecular weight is 257 g/mol. The highest BCUT2D eigenvalue weighted by Crippen LogP contribution is 2.25. The van der Waals surface area contributed by atoms with Crippen molar-refractivity contribution in [2.45, 2.75) is 6.42 Å². The quantitative estimate of drug-likeness (QED) is 0.832. The molecule has 0 atom stereocenters. The van der Waals surface area contributed by atoms with Crippen LogP contribution in [0.1, 0.15) is 5.56 Å². The second-order valence-corrected chi connectivity index (χ2v) is 4.43. The zero-order valence-electron chi connectivity index (χ0n) is 9.69. The van der Waals surface area contributed by atoms with Crippen LogP contribution in [0.2, 0.25) is 5.02 Å². The van der Waals surface area contributed by atoms with Crippen LogP contribution in [-0.2, 0) is 16.0 Å². The number of rotatable bonds is 4. The molecule has 0 bridgehead atoms. The Bertz CT molecular complexity index is 368.